The van der Waals surface area contributed by atoms with Crippen molar-refractivity contribution < 1.29 is 20.5 Å². The quantitative estimate of drug-likeness (QED) is 0.361. The molecule has 0 saturated carbocycles. The summed E-state index contributed by atoms with van der Waals surface area (Å²) >= 11 is 0. The van der Waals surface area contributed by atoms with Crippen LogP contribution in [0.1, 0.15) is 0 Å². The summed E-state index contributed by atoms with van der Waals surface area (Å²) in [7, 11) is 0. The van der Waals surface area contributed by atoms with Gasteiger partial charge >= 0.3 is 5.69 Å². The molecule has 24 heavy (non-hydrogen) atoms. The maximum Gasteiger partial charge on any atom is 0.345 e. The number of anilines is 7. The Labute approximate surface area is 132 Å². The van der Waals surface area contributed by atoms with E-state index in [2.05, 4.69) is 20.8 Å². The van der Waals surface area contributed by atoms with Gasteiger partial charge in [0, 0.05) is 0 Å². The highest BCUT2D eigenvalue weighted by Gasteiger charge is 2.43. The molecule has 0 unspecified atom stereocenters. The van der Waals surface area contributed by atoms with Crippen LogP contribution in [0.25, 0.3) is 0 Å². The molecule has 0 amide bonds. The van der Waals surface area contributed by atoms with E-state index in [1.165, 1.54) is 16.3 Å². The summed E-state index contributed by atoms with van der Waals surface area (Å²) < 4.78 is 0. The molecular weight excluding hydrogens is 324 g/mol. The van der Waals surface area contributed by atoms with Crippen molar-refractivity contribution in [1.82, 2.24) is 9.97 Å². The molecule has 2 aliphatic heterocycles. The summed E-state index contributed by atoms with van der Waals surface area (Å²) in [6, 6.07) is 2.40. The largest absolute Gasteiger partial charge is 0.382 e. The molecule has 0 radical (unpaired) electrons. The van der Waals surface area contributed by atoms with Crippen molar-refractivity contribution in [3.63, 3.8) is 0 Å². The first-order valence-corrected chi connectivity index (χ1v) is 6.45. The van der Waals surface area contributed by atoms with E-state index in [4.69, 9.17) is 11.5 Å². The van der Waals surface area contributed by atoms with Gasteiger partial charge in [-0.1, -0.05) is 0 Å². The van der Waals surface area contributed by atoms with Crippen molar-refractivity contribution in [3.05, 3.63) is 17.0 Å². The maximum atomic E-state index is 11.4. The molecule has 1 aromatic heterocycles. The van der Waals surface area contributed by atoms with Crippen molar-refractivity contribution in [2.45, 2.75) is 0 Å². The van der Waals surface area contributed by atoms with Crippen LogP contribution in [0.5, 0.6) is 0 Å². The molecule has 0 bridgehead atoms. The van der Waals surface area contributed by atoms with Crippen LogP contribution in [0.2, 0.25) is 0 Å². The summed E-state index contributed by atoms with van der Waals surface area (Å²) in [5, 5.41) is 30.3. The van der Waals surface area contributed by atoms with Crippen molar-refractivity contribution in [2.75, 3.05) is 37.8 Å². The molecule has 124 valence electrons. The van der Waals surface area contributed by atoms with Crippen LogP contribution in [-0.2, 0) is 0 Å². The van der Waals surface area contributed by atoms with Crippen molar-refractivity contribution in [3.8, 4) is 0 Å². The fraction of sp³-hybridized carbons (Fsp3) is 0. The Morgan fingerprint density at radius 3 is 2.58 bits per heavy atom. The van der Waals surface area contributed by atoms with E-state index in [1.54, 1.807) is 0 Å². The zero-order valence-electron chi connectivity index (χ0n) is 11.7. The minimum absolute atomic E-state index is 0.0335. The number of nitrogens with one attached hydrogen (secondary N) is 2. The first-order chi connectivity index (χ1) is 11.4. The third-order valence-electron chi connectivity index (χ3n) is 3.52. The molecular formula is C10H11N10O4+. The molecule has 0 spiro atoms. The number of aromatic nitrogens is 2. The molecule has 3 heterocycles. The van der Waals surface area contributed by atoms with E-state index in [0.29, 0.717) is 11.5 Å². The predicted octanol–water partition coefficient (Wildman–Crippen LogP) is -0.0656. The lowest BCUT2D eigenvalue weighted by Crippen LogP contribution is -2.40. The van der Waals surface area contributed by atoms with E-state index in [0.717, 1.165) is 6.07 Å². The van der Waals surface area contributed by atoms with Gasteiger partial charge in [-0.15, -0.1) is 5.23 Å². The Kier molecular flexibility index (Phi) is 2.52. The van der Waals surface area contributed by atoms with Crippen LogP contribution in [0.15, 0.2) is 12.1 Å². The van der Waals surface area contributed by atoms with Gasteiger partial charge < -0.3 is 11.5 Å². The Balaban J connectivity index is 1.87. The van der Waals surface area contributed by atoms with Gasteiger partial charge in [0.15, 0.2) is 23.0 Å². The van der Waals surface area contributed by atoms with Crippen LogP contribution in [-0.4, -0.2) is 30.5 Å². The topological polar surface area (TPSA) is 192 Å². The number of benzene rings is 1. The number of hydrogen-bond donors (Lipinski definition) is 7. The van der Waals surface area contributed by atoms with Crippen LogP contribution in [0.4, 0.5) is 46.0 Å². The fourth-order valence-electron chi connectivity index (χ4n) is 2.55. The molecule has 2 aliphatic rings. The lowest BCUT2D eigenvalue weighted by Gasteiger charge is -2.21. The smallest absolute Gasteiger partial charge is 0.345 e. The van der Waals surface area contributed by atoms with Gasteiger partial charge in [0.05, 0.1) is 11.0 Å². The minimum atomic E-state index is -0.411. The average molecular weight is 335 g/mol. The molecule has 0 fully saturated rings. The standard InChI is InChI=1S/C10H11N10O4/c11-8-7-9(14-10(12)13-8)16-17-4-1-3(19(21)22)2-5(20(23)24)6(4)15-18(7)17/h1-2,15,21-22H,(H,23,24)(H5,11,12,13,14,16)/q+1. The highest BCUT2D eigenvalue weighted by Crippen LogP contribution is 2.49. The predicted molar refractivity (Wildman–Crippen MR) is 80.6 cm³/mol. The Hall–Kier alpha value is -3.78. The highest BCUT2D eigenvalue weighted by molar-refractivity contribution is 5.97. The van der Waals surface area contributed by atoms with Gasteiger partial charge in [0.25, 0.3) is 4.92 Å². The van der Waals surface area contributed by atoms with E-state index < -0.39 is 4.92 Å². The van der Waals surface area contributed by atoms with Crippen molar-refractivity contribution >= 4 is 46.0 Å². The number of nitrogens with zero attached hydrogens (tertiary/aromatic N) is 6. The summed E-state index contributed by atoms with van der Waals surface area (Å²) in [5.41, 5.74) is 17.5. The fourth-order valence-corrected chi connectivity index (χ4v) is 2.55. The lowest BCUT2D eigenvalue weighted by molar-refractivity contribution is -0.729. The second-order valence-electron chi connectivity index (χ2n) is 4.93. The maximum absolute atomic E-state index is 11.4. The SMILES string of the molecule is Nc1nc(N)c2c(n1)NN1c3cc(N(O)O)cc([N+](=O)O)c3NN21. The molecule has 1 aromatic carbocycles. The molecule has 14 heteroatoms. The van der Waals surface area contributed by atoms with E-state index >= 15 is 0 Å². The summed E-state index contributed by atoms with van der Waals surface area (Å²) in [5.74, 6) is 0.343. The zero-order chi connectivity index (χ0) is 17.2. The summed E-state index contributed by atoms with van der Waals surface area (Å²) in [6.45, 7) is 0. The van der Waals surface area contributed by atoms with Gasteiger partial charge in [-0.3, -0.25) is 21.3 Å². The number of nitrogens with two attached hydrogens (primary N) is 2. The zero-order valence-corrected chi connectivity index (χ0v) is 11.7. The van der Waals surface area contributed by atoms with E-state index in [9.17, 15) is 20.5 Å². The number of fused-ring (bicyclic) bond motifs is 5. The molecule has 0 saturated heterocycles. The summed E-state index contributed by atoms with van der Waals surface area (Å²) in [6.07, 6.45) is 0. The van der Waals surface area contributed by atoms with Gasteiger partial charge in [-0.25, -0.2) is 5.21 Å². The van der Waals surface area contributed by atoms with E-state index in [1.807, 2.05) is 0 Å². The van der Waals surface area contributed by atoms with Crippen molar-refractivity contribution in [2.24, 2.45) is 0 Å². The Morgan fingerprint density at radius 1 is 1.17 bits per heavy atom. The van der Waals surface area contributed by atoms with Crippen molar-refractivity contribution in [1.29, 1.82) is 0 Å². The first kappa shape index (κ1) is 13.9. The van der Waals surface area contributed by atoms with Crippen LogP contribution >= 0.6 is 0 Å². The minimum Gasteiger partial charge on any atom is -0.382 e. The van der Waals surface area contributed by atoms with Gasteiger partial charge in [-0.05, 0) is 6.07 Å². The number of rotatable bonds is 2. The van der Waals surface area contributed by atoms with Crippen LogP contribution < -0.4 is 37.8 Å². The molecule has 9 N–H and O–H groups in total. The number of hydrazine groups is 3. The Morgan fingerprint density at radius 2 is 1.92 bits per heavy atom. The van der Waals surface area contributed by atoms with Crippen LogP contribution in [0.3, 0.4) is 0 Å². The normalized spacial score (nSPS) is 13.8. The first-order valence-electron chi connectivity index (χ1n) is 6.45. The van der Waals surface area contributed by atoms with E-state index in [-0.39, 0.29) is 39.7 Å². The third-order valence-corrected chi connectivity index (χ3v) is 3.52. The monoisotopic (exact) mass is 335 g/mol. The second kappa shape index (κ2) is 4.37. The second-order valence-corrected chi connectivity index (χ2v) is 4.93. The summed E-state index contributed by atoms with van der Waals surface area (Å²) in [4.78, 5) is 18.8. The molecule has 2 aromatic rings. The van der Waals surface area contributed by atoms with Gasteiger partial charge in [0.1, 0.15) is 11.4 Å². The van der Waals surface area contributed by atoms with Gasteiger partial charge in [-0.2, -0.15) is 20.2 Å². The molecule has 4 rings (SSSR count). The number of hydrogen-bond acceptors (Lipinski definition) is 12. The number of nitrogen functional groups attached to an aromatic ring is 2. The highest BCUT2D eigenvalue weighted by atomic mass is 16.8. The lowest BCUT2D eigenvalue weighted by atomic mass is 10.2. The average Bonchev–Trinajstić information content (AvgIpc) is 3.01. The molecule has 0 aliphatic carbocycles. The molecule has 0 atom stereocenters. The third kappa shape index (κ3) is 1.71. The molecule has 14 nitrogen and oxygen atoms in total. The van der Waals surface area contributed by atoms with Crippen LogP contribution in [0, 0.1) is 4.91 Å². The Bertz CT molecular complexity index is 886. The van der Waals surface area contributed by atoms with Gasteiger partial charge in [0.2, 0.25) is 5.95 Å².